The number of anilines is 1. The third-order valence-corrected chi connectivity index (χ3v) is 4.64. The topological polar surface area (TPSA) is 64.0 Å². The monoisotopic (exact) mass is 465 g/mol. The molecule has 25 heavy (non-hydrogen) atoms. The third kappa shape index (κ3) is 3.74. The highest BCUT2D eigenvalue weighted by Crippen LogP contribution is 2.25. The van der Waals surface area contributed by atoms with Crippen LogP contribution in [0.25, 0.3) is 0 Å². The van der Waals surface area contributed by atoms with Crippen LogP contribution >= 0.6 is 34.2 Å². The molecule has 1 aromatic heterocycles. The number of hydrogen-bond donors (Lipinski definition) is 1. The first-order valence-corrected chi connectivity index (χ1v) is 8.81. The molecule has 7 heteroatoms. The Hall–Kier alpha value is -2.19. The van der Waals surface area contributed by atoms with E-state index >= 15 is 0 Å². The maximum Gasteiger partial charge on any atom is 0.275 e. The van der Waals surface area contributed by atoms with Gasteiger partial charge >= 0.3 is 0 Å². The number of carbonyl (C=O) groups is 2. The predicted octanol–water partition coefficient (Wildman–Crippen LogP) is 4.16. The first-order valence-electron chi connectivity index (χ1n) is 7.35. The molecule has 126 valence electrons. The minimum absolute atomic E-state index is 0.210. The zero-order chi connectivity index (χ0) is 18.0. The molecule has 0 spiro atoms. The second-order valence-corrected chi connectivity index (χ2v) is 6.90. The number of nitrogens with zero attached hydrogens (tertiary/aromatic N) is 2. The first-order chi connectivity index (χ1) is 12.0. The fourth-order valence-electron chi connectivity index (χ4n) is 2.41. The molecular weight excluding hydrogens is 453 g/mol. The number of aromatic nitrogens is 2. The first kappa shape index (κ1) is 17.6. The minimum Gasteiger partial charge on any atom is -0.320 e. The van der Waals surface area contributed by atoms with E-state index < -0.39 is 0 Å². The molecule has 0 unspecified atom stereocenters. The molecule has 0 aliphatic carbocycles. The van der Waals surface area contributed by atoms with Crippen LogP contribution in [0.3, 0.4) is 0 Å². The van der Waals surface area contributed by atoms with Crippen LogP contribution in [0.1, 0.15) is 26.4 Å². The summed E-state index contributed by atoms with van der Waals surface area (Å²) in [6.07, 6.45) is 1.60. The second kappa shape index (κ2) is 7.37. The Morgan fingerprint density at radius 2 is 1.88 bits per heavy atom. The average Bonchev–Trinajstić information content (AvgIpc) is 2.95. The fraction of sp³-hybridized carbons (Fsp3) is 0.0556. The number of rotatable bonds is 4. The number of carbonyl (C=O) groups excluding carboxylic acids is 2. The summed E-state index contributed by atoms with van der Waals surface area (Å²) in [6.45, 7) is 0. The van der Waals surface area contributed by atoms with Gasteiger partial charge in [-0.1, -0.05) is 41.9 Å². The summed E-state index contributed by atoms with van der Waals surface area (Å²) in [5.74, 6) is -0.549. The molecule has 3 rings (SSSR count). The number of hydrogen-bond acceptors (Lipinski definition) is 3. The van der Waals surface area contributed by atoms with Crippen molar-refractivity contribution in [2.45, 2.75) is 0 Å². The third-order valence-electron chi connectivity index (χ3n) is 3.62. The van der Waals surface area contributed by atoms with Gasteiger partial charge in [0.1, 0.15) is 5.69 Å². The van der Waals surface area contributed by atoms with E-state index in [1.54, 1.807) is 55.7 Å². The van der Waals surface area contributed by atoms with Gasteiger partial charge in [-0.2, -0.15) is 5.10 Å². The zero-order valence-corrected chi connectivity index (χ0v) is 16.1. The van der Waals surface area contributed by atoms with E-state index in [0.29, 0.717) is 27.5 Å². The molecule has 0 saturated heterocycles. The summed E-state index contributed by atoms with van der Waals surface area (Å²) >= 11 is 8.10. The lowest BCUT2D eigenvalue weighted by Gasteiger charge is -2.11. The van der Waals surface area contributed by atoms with Crippen molar-refractivity contribution < 1.29 is 9.59 Å². The maximum absolute atomic E-state index is 12.8. The Morgan fingerprint density at radius 3 is 2.52 bits per heavy atom. The average molecular weight is 466 g/mol. The van der Waals surface area contributed by atoms with E-state index in [2.05, 4.69) is 10.4 Å². The molecule has 3 aromatic rings. The normalized spacial score (nSPS) is 10.5. The molecule has 1 amide bonds. The standard InChI is InChI=1S/C18H13ClIN3O2/c1-23-16(14(20)10-21-23)18(25)22-15-8-7-12(19)9-13(15)17(24)11-5-3-2-4-6-11/h2-10H,1H3,(H,22,25). The van der Waals surface area contributed by atoms with Crippen molar-refractivity contribution in [3.8, 4) is 0 Å². The molecule has 1 N–H and O–H groups in total. The Morgan fingerprint density at radius 1 is 1.16 bits per heavy atom. The van der Waals surface area contributed by atoms with Crippen LogP contribution < -0.4 is 5.32 Å². The Balaban J connectivity index is 1.98. The summed E-state index contributed by atoms with van der Waals surface area (Å²) in [4.78, 5) is 25.4. The van der Waals surface area contributed by atoms with Gasteiger partial charge in [0.25, 0.3) is 5.91 Å². The lowest BCUT2D eigenvalue weighted by atomic mass is 10.0. The van der Waals surface area contributed by atoms with Crippen LogP contribution in [0.4, 0.5) is 5.69 Å². The van der Waals surface area contributed by atoms with Crippen LogP contribution in [-0.2, 0) is 7.05 Å². The molecule has 0 atom stereocenters. The van der Waals surface area contributed by atoms with Crippen molar-refractivity contribution in [2.75, 3.05) is 5.32 Å². The van der Waals surface area contributed by atoms with E-state index in [9.17, 15) is 9.59 Å². The lowest BCUT2D eigenvalue weighted by Crippen LogP contribution is -2.19. The van der Waals surface area contributed by atoms with Gasteiger partial charge in [0.05, 0.1) is 15.5 Å². The summed E-state index contributed by atoms with van der Waals surface area (Å²) in [5.41, 5.74) is 1.69. The van der Waals surface area contributed by atoms with Crippen LogP contribution in [0.5, 0.6) is 0 Å². The van der Waals surface area contributed by atoms with Crippen LogP contribution in [0.2, 0.25) is 5.02 Å². The number of halogens is 2. The SMILES string of the molecule is Cn1ncc(I)c1C(=O)Nc1ccc(Cl)cc1C(=O)c1ccccc1. The van der Waals surface area contributed by atoms with Crippen molar-refractivity contribution in [3.05, 3.63) is 80.1 Å². The molecule has 0 aliphatic heterocycles. The highest BCUT2D eigenvalue weighted by atomic mass is 127. The largest absolute Gasteiger partial charge is 0.320 e. The molecule has 0 fully saturated rings. The Bertz CT molecular complexity index is 935. The fourth-order valence-corrected chi connectivity index (χ4v) is 3.30. The number of benzene rings is 2. The maximum atomic E-state index is 12.8. The Kier molecular flexibility index (Phi) is 5.19. The van der Waals surface area contributed by atoms with E-state index in [0.717, 1.165) is 3.57 Å². The van der Waals surface area contributed by atoms with Crippen molar-refractivity contribution in [1.29, 1.82) is 0 Å². The molecule has 5 nitrogen and oxygen atoms in total. The van der Waals surface area contributed by atoms with Crippen molar-refractivity contribution in [1.82, 2.24) is 9.78 Å². The van der Waals surface area contributed by atoms with Crippen molar-refractivity contribution in [3.63, 3.8) is 0 Å². The highest BCUT2D eigenvalue weighted by molar-refractivity contribution is 14.1. The molecular formula is C18H13ClIN3O2. The van der Waals surface area contributed by atoms with Gasteiger partial charge in [-0.25, -0.2) is 0 Å². The van der Waals surface area contributed by atoms with Gasteiger partial charge in [0, 0.05) is 23.2 Å². The minimum atomic E-state index is -0.339. The summed E-state index contributed by atoms with van der Waals surface area (Å²) in [7, 11) is 1.69. The zero-order valence-electron chi connectivity index (χ0n) is 13.2. The number of aryl methyl sites for hydroxylation is 1. The molecule has 2 aromatic carbocycles. The second-order valence-electron chi connectivity index (χ2n) is 5.30. The smallest absolute Gasteiger partial charge is 0.275 e. The van der Waals surface area contributed by atoms with Crippen molar-refractivity contribution in [2.24, 2.45) is 7.05 Å². The number of nitrogens with one attached hydrogen (secondary N) is 1. The van der Waals surface area contributed by atoms with Gasteiger partial charge in [-0.15, -0.1) is 0 Å². The molecule has 0 bridgehead atoms. The van der Waals surface area contributed by atoms with Crippen LogP contribution in [-0.4, -0.2) is 21.5 Å². The quantitative estimate of drug-likeness (QED) is 0.465. The lowest BCUT2D eigenvalue weighted by molar-refractivity contribution is 0.101. The van der Waals surface area contributed by atoms with E-state index in [4.69, 9.17) is 11.6 Å². The molecule has 1 heterocycles. The van der Waals surface area contributed by atoms with Gasteiger partial charge < -0.3 is 5.32 Å². The molecule has 0 radical (unpaired) electrons. The van der Waals surface area contributed by atoms with E-state index in [-0.39, 0.29) is 11.7 Å². The number of ketones is 1. The highest BCUT2D eigenvalue weighted by Gasteiger charge is 2.19. The van der Waals surface area contributed by atoms with E-state index in [1.807, 2.05) is 28.7 Å². The van der Waals surface area contributed by atoms with E-state index in [1.165, 1.54) is 4.68 Å². The van der Waals surface area contributed by atoms with Gasteiger partial charge in [-0.05, 0) is 40.8 Å². The van der Waals surface area contributed by atoms with Gasteiger partial charge in [0.15, 0.2) is 5.78 Å². The summed E-state index contributed by atoms with van der Waals surface area (Å²) in [6, 6.07) is 13.7. The van der Waals surface area contributed by atoms with Crippen molar-refractivity contribution >= 4 is 51.6 Å². The molecule has 0 saturated carbocycles. The summed E-state index contributed by atoms with van der Waals surface area (Å²) < 4.78 is 2.22. The number of amides is 1. The van der Waals surface area contributed by atoms with Gasteiger partial charge in [0.2, 0.25) is 0 Å². The molecule has 0 aliphatic rings. The predicted molar refractivity (Wildman–Crippen MR) is 105 cm³/mol. The summed E-state index contributed by atoms with van der Waals surface area (Å²) in [5, 5.41) is 7.27. The van der Waals surface area contributed by atoms with Gasteiger partial charge in [-0.3, -0.25) is 14.3 Å². The van der Waals surface area contributed by atoms with Crippen LogP contribution in [0, 0.1) is 3.57 Å². The van der Waals surface area contributed by atoms with Crippen LogP contribution in [0.15, 0.2) is 54.7 Å². The Labute approximate surface area is 163 Å².